The molecule has 74 valence electrons. The minimum absolute atomic E-state index is 0.170. The first-order valence-electron chi connectivity index (χ1n) is 4.43. The van der Waals surface area contributed by atoms with E-state index in [0.717, 1.165) is 16.4 Å². The lowest BCUT2D eigenvalue weighted by Crippen LogP contribution is -2.26. The van der Waals surface area contributed by atoms with E-state index in [2.05, 4.69) is 5.32 Å². The number of carbonyl (C=O) groups is 1. The van der Waals surface area contributed by atoms with Crippen LogP contribution in [-0.4, -0.2) is 11.9 Å². The molecule has 1 fully saturated rings. The molecule has 1 aromatic carbocycles. The molecule has 0 aromatic heterocycles. The summed E-state index contributed by atoms with van der Waals surface area (Å²) in [4.78, 5) is 11.6. The molecule has 0 heterocycles. The lowest BCUT2D eigenvalue weighted by molar-refractivity contribution is 0.0949. The van der Waals surface area contributed by atoms with Crippen LogP contribution in [0.15, 0.2) is 18.2 Å². The fourth-order valence-corrected chi connectivity index (χ4v) is 1.74. The number of hydrogen-bond acceptors (Lipinski definition) is 1. The minimum Gasteiger partial charge on any atom is -0.349 e. The molecule has 2 nitrogen and oxygen atoms in total. The second-order valence-corrected chi connectivity index (χ2v) is 4.53. The van der Waals surface area contributed by atoms with E-state index in [1.165, 1.54) is 12.1 Å². The summed E-state index contributed by atoms with van der Waals surface area (Å²) in [6, 6.07) is 4.55. The lowest BCUT2D eigenvalue weighted by atomic mass is 10.2. The molecule has 0 spiro atoms. The Morgan fingerprint density at radius 1 is 1.50 bits per heavy atom. The molecule has 4 heteroatoms. The van der Waals surface area contributed by atoms with Gasteiger partial charge in [0.1, 0.15) is 5.82 Å². The topological polar surface area (TPSA) is 29.1 Å². The van der Waals surface area contributed by atoms with E-state index in [0.29, 0.717) is 11.6 Å². The molecule has 1 aromatic rings. The first kappa shape index (κ1) is 9.89. The van der Waals surface area contributed by atoms with Crippen LogP contribution in [0.1, 0.15) is 23.2 Å². The standard InChI is InChI=1S/C10H9FINO/c11-6-1-4-9(12)8(5-6)10(14)13-7-2-3-7/h1,4-5,7H,2-3H2,(H,13,14). The average molecular weight is 305 g/mol. The van der Waals surface area contributed by atoms with Gasteiger partial charge in [0.25, 0.3) is 5.91 Å². The van der Waals surface area contributed by atoms with Crippen LogP contribution in [-0.2, 0) is 0 Å². The van der Waals surface area contributed by atoms with Crippen molar-refractivity contribution in [2.45, 2.75) is 18.9 Å². The van der Waals surface area contributed by atoms with Crippen molar-refractivity contribution in [3.05, 3.63) is 33.1 Å². The van der Waals surface area contributed by atoms with Crippen molar-refractivity contribution in [1.29, 1.82) is 0 Å². The summed E-state index contributed by atoms with van der Waals surface area (Å²) >= 11 is 2.03. The van der Waals surface area contributed by atoms with Gasteiger partial charge < -0.3 is 5.32 Å². The first-order valence-corrected chi connectivity index (χ1v) is 5.50. The van der Waals surface area contributed by atoms with Crippen molar-refractivity contribution in [1.82, 2.24) is 5.32 Å². The molecule has 0 aliphatic heterocycles. The van der Waals surface area contributed by atoms with Crippen LogP contribution in [0.5, 0.6) is 0 Å². The summed E-state index contributed by atoms with van der Waals surface area (Å²) in [5, 5.41) is 2.83. The van der Waals surface area contributed by atoms with Crippen molar-refractivity contribution in [3.63, 3.8) is 0 Å². The Morgan fingerprint density at radius 2 is 2.21 bits per heavy atom. The van der Waals surface area contributed by atoms with Gasteiger partial charge in [-0.1, -0.05) is 0 Å². The molecule has 2 rings (SSSR count). The molecule has 1 saturated carbocycles. The maximum atomic E-state index is 12.9. The predicted octanol–water partition coefficient (Wildman–Crippen LogP) is 2.32. The van der Waals surface area contributed by atoms with Gasteiger partial charge in [0.05, 0.1) is 5.56 Å². The van der Waals surface area contributed by atoms with Crippen molar-refractivity contribution in [3.8, 4) is 0 Å². The summed E-state index contributed by atoms with van der Waals surface area (Å²) < 4.78 is 13.7. The van der Waals surface area contributed by atoms with E-state index in [9.17, 15) is 9.18 Å². The number of rotatable bonds is 2. The van der Waals surface area contributed by atoms with Gasteiger partial charge in [-0.3, -0.25) is 4.79 Å². The third-order valence-electron chi connectivity index (χ3n) is 2.09. The van der Waals surface area contributed by atoms with Gasteiger partial charge in [-0.15, -0.1) is 0 Å². The lowest BCUT2D eigenvalue weighted by Gasteiger charge is -2.05. The highest BCUT2D eigenvalue weighted by Crippen LogP contribution is 2.20. The molecule has 0 atom stereocenters. The number of hydrogen-bond donors (Lipinski definition) is 1. The summed E-state index contributed by atoms with van der Waals surface area (Å²) in [7, 11) is 0. The Bertz CT molecular complexity index is 376. The van der Waals surface area contributed by atoms with E-state index < -0.39 is 0 Å². The summed E-state index contributed by atoms with van der Waals surface area (Å²) in [5.74, 6) is -0.539. The maximum Gasteiger partial charge on any atom is 0.252 e. The summed E-state index contributed by atoms with van der Waals surface area (Å²) in [5.41, 5.74) is 0.428. The molecule has 14 heavy (non-hydrogen) atoms. The van der Waals surface area contributed by atoms with Crippen LogP contribution in [0.4, 0.5) is 4.39 Å². The Hall–Kier alpha value is -0.650. The van der Waals surface area contributed by atoms with Gasteiger partial charge in [0, 0.05) is 9.61 Å². The van der Waals surface area contributed by atoms with Gasteiger partial charge in [0.15, 0.2) is 0 Å². The maximum absolute atomic E-state index is 12.9. The molecular weight excluding hydrogens is 296 g/mol. The molecule has 0 saturated heterocycles. The van der Waals surface area contributed by atoms with E-state index in [1.54, 1.807) is 6.07 Å². The van der Waals surface area contributed by atoms with Crippen molar-refractivity contribution < 1.29 is 9.18 Å². The van der Waals surface area contributed by atoms with Gasteiger partial charge >= 0.3 is 0 Å². The normalized spacial score (nSPS) is 15.3. The quantitative estimate of drug-likeness (QED) is 0.835. The monoisotopic (exact) mass is 305 g/mol. The fourth-order valence-electron chi connectivity index (χ4n) is 1.16. The van der Waals surface area contributed by atoms with E-state index in [-0.39, 0.29) is 11.7 Å². The third kappa shape index (κ3) is 2.23. The van der Waals surface area contributed by atoms with Gasteiger partial charge in [-0.2, -0.15) is 0 Å². The van der Waals surface area contributed by atoms with E-state index in [1.807, 2.05) is 22.6 Å². The highest BCUT2D eigenvalue weighted by molar-refractivity contribution is 14.1. The highest BCUT2D eigenvalue weighted by Gasteiger charge is 2.24. The van der Waals surface area contributed by atoms with Crippen LogP contribution >= 0.6 is 22.6 Å². The second kappa shape index (κ2) is 3.84. The molecule has 1 amide bonds. The predicted molar refractivity (Wildman–Crippen MR) is 59.6 cm³/mol. The smallest absolute Gasteiger partial charge is 0.252 e. The third-order valence-corrected chi connectivity index (χ3v) is 3.03. The number of carbonyl (C=O) groups excluding carboxylic acids is 1. The molecule has 1 aliphatic carbocycles. The number of nitrogens with one attached hydrogen (secondary N) is 1. The Morgan fingerprint density at radius 3 is 2.86 bits per heavy atom. The van der Waals surface area contributed by atoms with Gasteiger partial charge in [-0.05, 0) is 53.6 Å². The Kier molecular flexibility index (Phi) is 2.71. The van der Waals surface area contributed by atoms with Gasteiger partial charge in [-0.25, -0.2) is 4.39 Å². The average Bonchev–Trinajstić information content (AvgIpc) is 2.93. The van der Waals surface area contributed by atoms with Crippen LogP contribution in [0.25, 0.3) is 0 Å². The number of benzene rings is 1. The second-order valence-electron chi connectivity index (χ2n) is 3.37. The van der Waals surface area contributed by atoms with E-state index in [4.69, 9.17) is 0 Å². The first-order chi connectivity index (χ1) is 6.66. The molecular formula is C10H9FINO. The van der Waals surface area contributed by atoms with Crippen molar-refractivity contribution in [2.24, 2.45) is 0 Å². The zero-order valence-electron chi connectivity index (χ0n) is 7.39. The Labute approximate surface area is 95.0 Å². The largest absolute Gasteiger partial charge is 0.349 e. The highest BCUT2D eigenvalue weighted by atomic mass is 127. The molecule has 0 radical (unpaired) electrons. The van der Waals surface area contributed by atoms with Crippen molar-refractivity contribution >= 4 is 28.5 Å². The van der Waals surface area contributed by atoms with Crippen LogP contribution in [0.2, 0.25) is 0 Å². The molecule has 1 aliphatic rings. The number of amides is 1. The van der Waals surface area contributed by atoms with Crippen LogP contribution in [0.3, 0.4) is 0 Å². The van der Waals surface area contributed by atoms with E-state index >= 15 is 0 Å². The Balaban J connectivity index is 2.20. The SMILES string of the molecule is O=C(NC1CC1)c1cc(F)ccc1I. The minimum atomic E-state index is -0.369. The molecule has 1 N–H and O–H groups in total. The fraction of sp³-hybridized carbons (Fsp3) is 0.300. The zero-order valence-corrected chi connectivity index (χ0v) is 9.55. The summed E-state index contributed by atoms with van der Waals surface area (Å²) in [6.07, 6.45) is 2.08. The molecule has 0 unspecified atom stereocenters. The van der Waals surface area contributed by atoms with Gasteiger partial charge in [0.2, 0.25) is 0 Å². The van der Waals surface area contributed by atoms with Crippen LogP contribution in [0, 0.1) is 9.39 Å². The zero-order chi connectivity index (χ0) is 10.1. The van der Waals surface area contributed by atoms with Crippen LogP contribution < -0.4 is 5.32 Å². The van der Waals surface area contributed by atoms with Crippen molar-refractivity contribution in [2.75, 3.05) is 0 Å². The molecule has 0 bridgehead atoms. The summed E-state index contributed by atoms with van der Waals surface area (Å²) in [6.45, 7) is 0. The number of halogens is 2.